The number of nitrogens with zero attached hydrogens (tertiary/aromatic N) is 3. The molecule has 0 bridgehead atoms. The molecule has 5 nitrogen and oxygen atoms in total. The summed E-state index contributed by atoms with van der Waals surface area (Å²) < 4.78 is 4.08. The van der Waals surface area contributed by atoms with Gasteiger partial charge in [-0.05, 0) is 48.1 Å². The second-order valence-electron chi connectivity index (χ2n) is 6.92. The van der Waals surface area contributed by atoms with Gasteiger partial charge in [-0.3, -0.25) is 4.79 Å². The zero-order chi connectivity index (χ0) is 19.5. The molecule has 2 aromatic heterocycles. The van der Waals surface area contributed by atoms with Crippen LogP contribution >= 0.6 is 11.8 Å². The van der Waals surface area contributed by atoms with Gasteiger partial charge in [0.2, 0.25) is 5.91 Å². The van der Waals surface area contributed by atoms with Gasteiger partial charge >= 0.3 is 0 Å². The topological polar surface area (TPSA) is 51.9 Å². The van der Waals surface area contributed by atoms with Gasteiger partial charge in [0.1, 0.15) is 12.4 Å². The summed E-state index contributed by atoms with van der Waals surface area (Å²) in [5, 5.41) is 4.36. The fourth-order valence-electron chi connectivity index (χ4n) is 3.65. The van der Waals surface area contributed by atoms with E-state index in [1.807, 2.05) is 60.3 Å². The fourth-order valence-corrected chi connectivity index (χ4v) is 4.12. The van der Waals surface area contributed by atoms with Crippen molar-refractivity contribution in [3.8, 4) is 0 Å². The van der Waals surface area contributed by atoms with E-state index in [9.17, 15) is 4.79 Å². The molecule has 144 valence electrons. The Balaban J connectivity index is 1.57. The molecule has 6 heteroatoms. The van der Waals surface area contributed by atoms with Gasteiger partial charge < -0.3 is 14.5 Å². The van der Waals surface area contributed by atoms with Crippen molar-refractivity contribution in [1.29, 1.82) is 0 Å². The molecule has 28 heavy (non-hydrogen) atoms. The van der Waals surface area contributed by atoms with Crippen LogP contribution in [0, 0.1) is 0 Å². The molecule has 0 saturated carbocycles. The highest BCUT2D eigenvalue weighted by Crippen LogP contribution is 2.23. The molecule has 0 saturated heterocycles. The van der Waals surface area contributed by atoms with Crippen LogP contribution in [0.25, 0.3) is 21.9 Å². The van der Waals surface area contributed by atoms with Gasteiger partial charge in [-0.25, -0.2) is 4.98 Å². The van der Waals surface area contributed by atoms with E-state index in [0.717, 1.165) is 39.9 Å². The number of nitrogens with one attached hydrogen (secondary N) is 1. The van der Waals surface area contributed by atoms with E-state index in [0.29, 0.717) is 6.54 Å². The number of carbonyl (C=O) groups excluding carboxylic acids is 1. The van der Waals surface area contributed by atoms with Crippen LogP contribution in [-0.4, -0.2) is 32.0 Å². The Kier molecular flexibility index (Phi) is 5.39. The predicted octanol–water partition coefficient (Wildman–Crippen LogP) is 4.14. The normalized spacial score (nSPS) is 12.5. The first-order valence-electron chi connectivity index (χ1n) is 9.41. The molecule has 4 rings (SSSR count). The number of aromatic nitrogens is 3. The monoisotopic (exact) mass is 392 g/mol. The minimum absolute atomic E-state index is 0.000452. The van der Waals surface area contributed by atoms with Crippen molar-refractivity contribution in [3.05, 3.63) is 66.6 Å². The van der Waals surface area contributed by atoms with Crippen LogP contribution in [0.15, 0.2) is 60.8 Å². The number of thioether (sulfide) groups is 1. The molecule has 0 radical (unpaired) electrons. The standard InChI is InChI=1S/C22H24N4OS/c1-25-20-10-6-4-8-17(20)24-22(25)18(12-14-28-2)23-21(27)15-26-13-11-16-7-3-5-9-19(16)26/h3-11,13,18H,12,14-15H2,1-2H3,(H,23,27)/t18-/m0/s1. The van der Waals surface area contributed by atoms with Gasteiger partial charge in [-0.1, -0.05) is 30.3 Å². The minimum atomic E-state index is -0.112. The third-order valence-electron chi connectivity index (χ3n) is 5.07. The lowest BCUT2D eigenvalue weighted by atomic mass is 10.2. The number of imidazole rings is 1. The SMILES string of the molecule is CSCC[C@H](NC(=O)Cn1ccc2ccccc21)c1nc2ccccc2n1C. The van der Waals surface area contributed by atoms with Gasteiger partial charge in [-0.2, -0.15) is 11.8 Å². The molecule has 0 aliphatic rings. The Morgan fingerprint density at radius 3 is 2.64 bits per heavy atom. The third-order valence-corrected chi connectivity index (χ3v) is 5.72. The van der Waals surface area contributed by atoms with E-state index in [2.05, 4.69) is 28.3 Å². The van der Waals surface area contributed by atoms with Crippen LogP contribution in [0.3, 0.4) is 0 Å². The molecular formula is C22H24N4OS. The Morgan fingerprint density at radius 2 is 1.86 bits per heavy atom. The lowest BCUT2D eigenvalue weighted by Crippen LogP contribution is -2.33. The number of amides is 1. The van der Waals surface area contributed by atoms with E-state index in [4.69, 9.17) is 4.98 Å². The lowest BCUT2D eigenvalue weighted by molar-refractivity contribution is -0.122. The number of aryl methyl sites for hydroxylation is 1. The number of hydrogen-bond donors (Lipinski definition) is 1. The van der Waals surface area contributed by atoms with E-state index in [1.165, 1.54) is 0 Å². The molecule has 0 unspecified atom stereocenters. The van der Waals surface area contributed by atoms with Crippen molar-refractivity contribution in [3.63, 3.8) is 0 Å². The van der Waals surface area contributed by atoms with Gasteiger partial charge in [0, 0.05) is 18.8 Å². The zero-order valence-electron chi connectivity index (χ0n) is 16.1. The summed E-state index contributed by atoms with van der Waals surface area (Å²) in [7, 11) is 2.02. The number of carbonyl (C=O) groups is 1. The van der Waals surface area contributed by atoms with Crippen LogP contribution in [0.5, 0.6) is 0 Å². The maximum Gasteiger partial charge on any atom is 0.240 e. The summed E-state index contributed by atoms with van der Waals surface area (Å²) in [6, 6.07) is 18.1. The summed E-state index contributed by atoms with van der Waals surface area (Å²) in [4.78, 5) is 17.6. The van der Waals surface area contributed by atoms with E-state index in [-0.39, 0.29) is 11.9 Å². The number of hydrogen-bond acceptors (Lipinski definition) is 3. The molecule has 1 amide bonds. The summed E-state index contributed by atoms with van der Waals surface area (Å²) in [5.74, 6) is 1.86. The molecule has 4 aromatic rings. The first-order valence-corrected chi connectivity index (χ1v) is 10.8. The van der Waals surface area contributed by atoms with Crippen LogP contribution in [0.4, 0.5) is 0 Å². The highest BCUT2D eigenvalue weighted by molar-refractivity contribution is 7.98. The van der Waals surface area contributed by atoms with Gasteiger partial charge in [-0.15, -0.1) is 0 Å². The first-order chi connectivity index (χ1) is 13.7. The third kappa shape index (κ3) is 3.64. The fraction of sp³-hybridized carbons (Fsp3) is 0.273. The second-order valence-corrected chi connectivity index (χ2v) is 7.91. The molecule has 0 aliphatic carbocycles. The quantitative estimate of drug-likeness (QED) is 0.514. The summed E-state index contributed by atoms with van der Waals surface area (Å²) in [5.41, 5.74) is 3.11. The molecule has 1 N–H and O–H groups in total. The highest BCUT2D eigenvalue weighted by Gasteiger charge is 2.21. The Bertz CT molecular complexity index is 1110. The Morgan fingerprint density at radius 1 is 1.11 bits per heavy atom. The van der Waals surface area contributed by atoms with E-state index >= 15 is 0 Å². The smallest absolute Gasteiger partial charge is 0.240 e. The maximum absolute atomic E-state index is 12.9. The van der Waals surface area contributed by atoms with Crippen LogP contribution in [-0.2, 0) is 18.4 Å². The minimum Gasteiger partial charge on any atom is -0.345 e. The maximum atomic E-state index is 12.9. The van der Waals surface area contributed by atoms with Gasteiger partial charge in [0.15, 0.2) is 0 Å². The molecule has 1 atom stereocenters. The van der Waals surface area contributed by atoms with E-state index in [1.54, 1.807) is 11.8 Å². The number of benzene rings is 2. The summed E-state index contributed by atoms with van der Waals surface area (Å²) in [6.07, 6.45) is 4.90. The second kappa shape index (κ2) is 8.10. The average molecular weight is 393 g/mol. The summed E-state index contributed by atoms with van der Waals surface area (Å²) >= 11 is 1.78. The number of fused-ring (bicyclic) bond motifs is 2. The molecule has 2 heterocycles. The lowest BCUT2D eigenvalue weighted by Gasteiger charge is -2.19. The number of para-hydroxylation sites is 3. The van der Waals surface area contributed by atoms with Crippen molar-refractivity contribution in [2.45, 2.75) is 19.0 Å². The predicted molar refractivity (Wildman–Crippen MR) is 117 cm³/mol. The van der Waals surface area contributed by atoms with Crippen molar-refractivity contribution < 1.29 is 4.79 Å². The van der Waals surface area contributed by atoms with Crippen molar-refractivity contribution >= 4 is 39.6 Å². The molecule has 0 aliphatic heterocycles. The van der Waals surface area contributed by atoms with Crippen molar-refractivity contribution in [2.24, 2.45) is 7.05 Å². The highest BCUT2D eigenvalue weighted by atomic mass is 32.2. The first kappa shape index (κ1) is 18.6. The van der Waals surface area contributed by atoms with Crippen LogP contribution < -0.4 is 5.32 Å². The number of rotatable bonds is 7. The molecule has 0 spiro atoms. The van der Waals surface area contributed by atoms with Crippen LogP contribution in [0.2, 0.25) is 0 Å². The van der Waals surface area contributed by atoms with Crippen molar-refractivity contribution in [1.82, 2.24) is 19.4 Å². The average Bonchev–Trinajstić information content (AvgIpc) is 3.27. The van der Waals surface area contributed by atoms with E-state index < -0.39 is 0 Å². The molecular weight excluding hydrogens is 368 g/mol. The summed E-state index contributed by atoms with van der Waals surface area (Å²) in [6.45, 7) is 0.299. The Hall–Kier alpha value is -2.73. The van der Waals surface area contributed by atoms with Gasteiger partial charge in [0.05, 0.1) is 17.1 Å². The Labute approximate surface area is 168 Å². The van der Waals surface area contributed by atoms with Crippen LogP contribution in [0.1, 0.15) is 18.3 Å². The van der Waals surface area contributed by atoms with Gasteiger partial charge in [0.25, 0.3) is 0 Å². The zero-order valence-corrected chi connectivity index (χ0v) is 16.9. The molecule has 2 aromatic carbocycles. The van der Waals surface area contributed by atoms with Crippen molar-refractivity contribution in [2.75, 3.05) is 12.0 Å². The largest absolute Gasteiger partial charge is 0.345 e. The molecule has 0 fully saturated rings.